The van der Waals surface area contributed by atoms with E-state index < -0.39 is 0 Å². The summed E-state index contributed by atoms with van der Waals surface area (Å²) in [6.45, 7) is 0. The summed E-state index contributed by atoms with van der Waals surface area (Å²) in [5, 5.41) is 0. The summed E-state index contributed by atoms with van der Waals surface area (Å²) >= 11 is 3.45. The zero-order valence-corrected chi connectivity index (χ0v) is 12.1. The van der Waals surface area contributed by atoms with Crippen molar-refractivity contribution in [3.63, 3.8) is 0 Å². The van der Waals surface area contributed by atoms with Gasteiger partial charge in [-0.2, -0.15) is 0 Å². The van der Waals surface area contributed by atoms with Crippen LogP contribution in [0, 0.1) is 0 Å². The lowest BCUT2D eigenvalue weighted by Crippen LogP contribution is -2.04. The highest BCUT2D eigenvalue weighted by Gasteiger charge is 2.36. The minimum Gasteiger partial charge on any atom is -0.383 e. The van der Waals surface area contributed by atoms with Gasteiger partial charge in [0.1, 0.15) is 17.3 Å². The smallest absolute Gasteiger partial charge is 0.132 e. The van der Waals surface area contributed by atoms with Gasteiger partial charge >= 0.3 is 0 Å². The molecule has 0 atom stereocenters. The van der Waals surface area contributed by atoms with E-state index >= 15 is 0 Å². The summed E-state index contributed by atoms with van der Waals surface area (Å²) in [7, 11) is 0. The molecule has 4 nitrogen and oxygen atoms in total. The first-order valence-electron chi connectivity index (χ1n) is 6.72. The molecule has 2 N–H and O–H groups in total. The number of nitrogen functional groups attached to an aromatic ring is 1. The monoisotopic (exact) mass is 318 g/mol. The molecule has 2 aliphatic carbocycles. The van der Waals surface area contributed by atoms with Gasteiger partial charge in [-0.05, 0) is 47.7 Å². The Bertz CT molecular complexity index is 641. The summed E-state index contributed by atoms with van der Waals surface area (Å²) < 4.78 is 3.23. The maximum absolute atomic E-state index is 6.35. The van der Waals surface area contributed by atoms with E-state index in [2.05, 4.69) is 25.5 Å². The fraction of sp³-hybridized carbons (Fsp3) is 0.429. The summed E-state index contributed by atoms with van der Waals surface area (Å²) in [5.74, 6) is 2.62. The molecule has 0 aliphatic heterocycles. The number of hydrogen-bond donors (Lipinski definition) is 1. The third kappa shape index (κ3) is 1.96. The van der Waals surface area contributed by atoms with E-state index in [4.69, 9.17) is 10.7 Å². The lowest BCUT2D eigenvalue weighted by Gasteiger charge is -2.07. The van der Waals surface area contributed by atoms with Crippen LogP contribution in [0.15, 0.2) is 22.9 Å². The van der Waals surface area contributed by atoms with E-state index in [-0.39, 0.29) is 0 Å². The van der Waals surface area contributed by atoms with Crippen molar-refractivity contribution in [3.8, 4) is 11.3 Å². The van der Waals surface area contributed by atoms with Crippen molar-refractivity contribution in [1.29, 1.82) is 0 Å². The highest BCUT2D eigenvalue weighted by Crippen LogP contribution is 2.48. The minimum atomic E-state index is 0.581. The molecule has 0 unspecified atom stereocenters. The molecule has 0 spiro atoms. The molecule has 4 rings (SSSR count). The predicted molar refractivity (Wildman–Crippen MR) is 77.8 cm³/mol. The number of imidazole rings is 1. The Morgan fingerprint density at radius 2 is 2.00 bits per heavy atom. The number of pyridine rings is 1. The van der Waals surface area contributed by atoms with Crippen molar-refractivity contribution < 1.29 is 0 Å². The van der Waals surface area contributed by atoms with Crippen LogP contribution < -0.4 is 5.73 Å². The van der Waals surface area contributed by atoms with E-state index in [1.54, 1.807) is 6.20 Å². The Morgan fingerprint density at radius 1 is 1.21 bits per heavy atom. The molecule has 0 saturated heterocycles. The van der Waals surface area contributed by atoms with Crippen LogP contribution in [-0.2, 0) is 0 Å². The third-order valence-corrected chi connectivity index (χ3v) is 4.24. The lowest BCUT2D eigenvalue weighted by molar-refractivity contribution is 0.691. The fourth-order valence-corrected chi connectivity index (χ4v) is 2.93. The molecule has 98 valence electrons. The number of aromatic nitrogens is 3. The average molecular weight is 319 g/mol. The molecule has 0 amide bonds. The van der Waals surface area contributed by atoms with Gasteiger partial charge in [0, 0.05) is 34.4 Å². The normalized spacial score (nSPS) is 18.8. The highest BCUT2D eigenvalue weighted by molar-refractivity contribution is 9.10. The van der Waals surface area contributed by atoms with Gasteiger partial charge in [0.15, 0.2) is 0 Å². The van der Waals surface area contributed by atoms with Crippen molar-refractivity contribution in [2.75, 3.05) is 5.73 Å². The van der Waals surface area contributed by atoms with Gasteiger partial charge in [0.2, 0.25) is 0 Å². The van der Waals surface area contributed by atoms with Crippen molar-refractivity contribution in [3.05, 3.63) is 28.8 Å². The van der Waals surface area contributed by atoms with Gasteiger partial charge in [0.05, 0.1) is 0 Å². The second kappa shape index (κ2) is 4.07. The maximum atomic E-state index is 6.35. The van der Waals surface area contributed by atoms with Gasteiger partial charge < -0.3 is 10.3 Å². The quantitative estimate of drug-likeness (QED) is 0.942. The third-order valence-electron chi connectivity index (χ3n) is 3.81. The van der Waals surface area contributed by atoms with Gasteiger partial charge in [-0.1, -0.05) is 0 Å². The number of nitrogens with two attached hydrogens (primary N) is 1. The standard InChI is InChI=1S/C14H15BrN4/c15-10-5-9(6-17-7-10)12-13(16)19(11-3-4-11)14(18-12)8-1-2-8/h5-8,11H,1-4,16H2. The number of halogens is 1. The van der Waals surface area contributed by atoms with E-state index in [0.29, 0.717) is 12.0 Å². The SMILES string of the molecule is Nc1c(-c2cncc(Br)c2)nc(C2CC2)n1C1CC1. The Morgan fingerprint density at radius 3 is 2.63 bits per heavy atom. The van der Waals surface area contributed by atoms with Gasteiger partial charge in [-0.25, -0.2) is 4.98 Å². The molecule has 2 saturated carbocycles. The second-order valence-corrected chi connectivity index (χ2v) is 6.39. The van der Waals surface area contributed by atoms with Crippen LogP contribution in [0.5, 0.6) is 0 Å². The number of hydrogen-bond acceptors (Lipinski definition) is 3. The summed E-state index contributed by atoms with van der Waals surface area (Å²) in [6.07, 6.45) is 8.57. The molecule has 0 bridgehead atoms. The Labute approximate surface area is 120 Å². The van der Waals surface area contributed by atoms with Crippen LogP contribution in [-0.4, -0.2) is 14.5 Å². The molecule has 2 heterocycles. The van der Waals surface area contributed by atoms with Gasteiger partial charge in [-0.3, -0.25) is 4.98 Å². The van der Waals surface area contributed by atoms with Crippen LogP contribution in [0.4, 0.5) is 5.82 Å². The van der Waals surface area contributed by atoms with Gasteiger partial charge in [0.25, 0.3) is 0 Å². The molecule has 0 aromatic carbocycles. The molecule has 0 radical (unpaired) electrons. The van der Waals surface area contributed by atoms with Gasteiger partial charge in [-0.15, -0.1) is 0 Å². The molecular weight excluding hydrogens is 304 g/mol. The molecule has 2 aromatic rings. The number of nitrogens with zero attached hydrogens (tertiary/aromatic N) is 3. The first-order valence-corrected chi connectivity index (χ1v) is 7.52. The van der Waals surface area contributed by atoms with Crippen molar-refractivity contribution >= 4 is 21.7 Å². The van der Waals surface area contributed by atoms with Crippen molar-refractivity contribution in [1.82, 2.24) is 14.5 Å². The Hall–Kier alpha value is -1.36. The second-order valence-electron chi connectivity index (χ2n) is 5.47. The van der Waals surface area contributed by atoms with E-state index in [1.807, 2.05) is 12.3 Å². The molecule has 2 aliphatic rings. The number of rotatable bonds is 3. The highest BCUT2D eigenvalue weighted by atomic mass is 79.9. The Kier molecular flexibility index (Phi) is 2.45. The fourth-order valence-electron chi connectivity index (χ4n) is 2.56. The van der Waals surface area contributed by atoms with E-state index in [1.165, 1.54) is 31.5 Å². The topological polar surface area (TPSA) is 56.7 Å². The predicted octanol–water partition coefficient (Wildman–Crippen LogP) is 3.50. The summed E-state index contributed by atoms with van der Waals surface area (Å²) in [5.41, 5.74) is 8.24. The Balaban J connectivity index is 1.86. The first kappa shape index (κ1) is 11.5. The summed E-state index contributed by atoms with van der Waals surface area (Å²) in [4.78, 5) is 9.03. The minimum absolute atomic E-state index is 0.581. The zero-order valence-electron chi connectivity index (χ0n) is 10.5. The molecular formula is C14H15BrN4. The van der Waals surface area contributed by atoms with Crippen LogP contribution in [0.3, 0.4) is 0 Å². The molecule has 2 aromatic heterocycles. The molecule has 5 heteroatoms. The van der Waals surface area contributed by atoms with Crippen LogP contribution in [0.25, 0.3) is 11.3 Å². The average Bonchev–Trinajstić information content (AvgIpc) is 3.28. The zero-order chi connectivity index (χ0) is 13.0. The molecule has 19 heavy (non-hydrogen) atoms. The van der Waals surface area contributed by atoms with Crippen molar-refractivity contribution in [2.24, 2.45) is 0 Å². The first-order chi connectivity index (χ1) is 9.24. The molecule has 2 fully saturated rings. The largest absolute Gasteiger partial charge is 0.383 e. The van der Waals surface area contributed by atoms with E-state index in [9.17, 15) is 0 Å². The maximum Gasteiger partial charge on any atom is 0.132 e. The van der Waals surface area contributed by atoms with E-state index in [0.717, 1.165) is 21.5 Å². The van der Waals surface area contributed by atoms with Crippen LogP contribution in [0.2, 0.25) is 0 Å². The van der Waals surface area contributed by atoms with Crippen LogP contribution in [0.1, 0.15) is 43.5 Å². The summed E-state index contributed by atoms with van der Waals surface area (Å²) in [6, 6.07) is 2.61. The van der Waals surface area contributed by atoms with Crippen molar-refractivity contribution in [2.45, 2.75) is 37.6 Å². The number of anilines is 1. The van der Waals surface area contributed by atoms with Crippen LogP contribution >= 0.6 is 15.9 Å². The lowest BCUT2D eigenvalue weighted by atomic mass is 10.2.